The fraction of sp³-hybridized carbons (Fsp3) is 0.571. The molecule has 0 spiro atoms. The summed E-state index contributed by atoms with van der Waals surface area (Å²) in [4.78, 5) is 33.1. The first-order valence-corrected chi connectivity index (χ1v) is 11.1. The zero-order valence-electron chi connectivity index (χ0n) is 16.7. The lowest BCUT2D eigenvalue weighted by molar-refractivity contribution is -0.133. The van der Waals surface area contributed by atoms with E-state index in [0.717, 1.165) is 55.8 Å². The van der Waals surface area contributed by atoms with E-state index in [1.54, 1.807) is 11.3 Å². The van der Waals surface area contributed by atoms with Gasteiger partial charge in [-0.25, -0.2) is 4.98 Å². The van der Waals surface area contributed by atoms with Gasteiger partial charge in [0.2, 0.25) is 11.8 Å². The molecule has 7 heteroatoms. The van der Waals surface area contributed by atoms with E-state index in [-0.39, 0.29) is 11.8 Å². The summed E-state index contributed by atoms with van der Waals surface area (Å²) >= 11 is 1.72. The van der Waals surface area contributed by atoms with Crippen molar-refractivity contribution < 1.29 is 9.59 Å². The van der Waals surface area contributed by atoms with Crippen molar-refractivity contribution in [2.75, 3.05) is 39.3 Å². The fourth-order valence-corrected chi connectivity index (χ4v) is 4.40. The number of benzene rings is 1. The van der Waals surface area contributed by atoms with Crippen LogP contribution in [0.15, 0.2) is 24.3 Å². The second-order valence-electron chi connectivity index (χ2n) is 7.29. The molecule has 2 heterocycles. The minimum Gasteiger partial charge on any atom is -0.355 e. The van der Waals surface area contributed by atoms with Gasteiger partial charge in [0.25, 0.3) is 0 Å². The molecule has 1 aliphatic rings. The Hall–Kier alpha value is -1.99. The average Bonchev–Trinajstić information content (AvgIpc) is 3.11. The summed E-state index contributed by atoms with van der Waals surface area (Å²) in [6, 6.07) is 8.15. The number of fused-ring (bicyclic) bond motifs is 1. The van der Waals surface area contributed by atoms with Crippen LogP contribution in [0.1, 0.15) is 37.6 Å². The van der Waals surface area contributed by atoms with Crippen LogP contribution in [0.3, 0.4) is 0 Å². The van der Waals surface area contributed by atoms with Gasteiger partial charge in [0.15, 0.2) is 0 Å². The molecule has 1 aliphatic heterocycles. The molecule has 2 amide bonds. The van der Waals surface area contributed by atoms with Crippen LogP contribution in [0.5, 0.6) is 0 Å². The lowest BCUT2D eigenvalue weighted by Gasteiger charge is -2.34. The van der Waals surface area contributed by atoms with Crippen molar-refractivity contribution in [1.29, 1.82) is 0 Å². The number of hydrogen-bond donors (Lipinski definition) is 1. The number of thiazole rings is 1. The topological polar surface area (TPSA) is 65.5 Å². The van der Waals surface area contributed by atoms with E-state index in [9.17, 15) is 9.59 Å². The quantitative estimate of drug-likeness (QED) is 0.655. The van der Waals surface area contributed by atoms with Crippen molar-refractivity contribution in [1.82, 2.24) is 20.1 Å². The lowest BCUT2D eigenvalue weighted by Crippen LogP contribution is -2.51. The van der Waals surface area contributed by atoms with E-state index in [0.29, 0.717) is 26.1 Å². The number of carbonyl (C=O) groups excluding carboxylic acids is 2. The molecule has 0 unspecified atom stereocenters. The summed E-state index contributed by atoms with van der Waals surface area (Å²) < 4.78 is 1.21. The molecule has 0 radical (unpaired) electrons. The molecule has 1 saturated heterocycles. The molecule has 1 fully saturated rings. The molecule has 1 aromatic heterocycles. The number of piperazine rings is 1. The number of aromatic nitrogens is 1. The Morgan fingerprint density at radius 3 is 2.68 bits per heavy atom. The van der Waals surface area contributed by atoms with E-state index in [2.05, 4.69) is 28.2 Å². The highest BCUT2D eigenvalue weighted by atomic mass is 32.1. The smallest absolute Gasteiger partial charge is 0.234 e. The summed E-state index contributed by atoms with van der Waals surface area (Å²) in [5, 5.41) is 4.06. The van der Waals surface area contributed by atoms with E-state index in [1.165, 1.54) is 4.70 Å². The SMILES string of the molecule is CCCCNC(=O)CN1CCN(C(=O)CCCc2nc3ccccc3s2)CC1. The number of amides is 2. The first kappa shape index (κ1) is 20.7. The maximum Gasteiger partial charge on any atom is 0.234 e. The summed E-state index contributed by atoms with van der Waals surface area (Å²) in [5.74, 6) is 0.303. The Morgan fingerprint density at radius 2 is 1.93 bits per heavy atom. The van der Waals surface area contributed by atoms with Crippen molar-refractivity contribution in [3.8, 4) is 0 Å². The van der Waals surface area contributed by atoms with E-state index >= 15 is 0 Å². The maximum atomic E-state index is 12.5. The van der Waals surface area contributed by atoms with Gasteiger partial charge in [0, 0.05) is 39.1 Å². The third kappa shape index (κ3) is 6.01. The molecule has 1 N–H and O–H groups in total. The van der Waals surface area contributed by atoms with Gasteiger partial charge in [0.1, 0.15) is 0 Å². The number of carbonyl (C=O) groups is 2. The van der Waals surface area contributed by atoms with Crippen LogP contribution in [0, 0.1) is 0 Å². The van der Waals surface area contributed by atoms with Gasteiger partial charge in [-0.15, -0.1) is 11.3 Å². The van der Waals surface area contributed by atoms with E-state index in [1.807, 2.05) is 23.1 Å². The highest BCUT2D eigenvalue weighted by molar-refractivity contribution is 7.18. The molecular weight excluding hydrogens is 372 g/mol. The molecule has 28 heavy (non-hydrogen) atoms. The maximum absolute atomic E-state index is 12.5. The predicted molar refractivity (Wildman–Crippen MR) is 113 cm³/mol. The zero-order valence-corrected chi connectivity index (χ0v) is 17.5. The predicted octanol–water partition coefficient (Wildman–Crippen LogP) is 2.68. The molecule has 0 bridgehead atoms. The van der Waals surface area contributed by atoms with Crippen LogP contribution >= 0.6 is 11.3 Å². The van der Waals surface area contributed by atoms with Crippen molar-refractivity contribution >= 4 is 33.4 Å². The minimum absolute atomic E-state index is 0.0871. The van der Waals surface area contributed by atoms with Crippen molar-refractivity contribution in [3.63, 3.8) is 0 Å². The van der Waals surface area contributed by atoms with E-state index in [4.69, 9.17) is 0 Å². The monoisotopic (exact) mass is 402 g/mol. The number of rotatable bonds is 9. The number of unbranched alkanes of at least 4 members (excludes halogenated alkanes) is 1. The molecule has 0 aliphatic carbocycles. The molecule has 2 aromatic rings. The third-order valence-corrected chi connectivity index (χ3v) is 6.16. The van der Waals surface area contributed by atoms with E-state index < -0.39 is 0 Å². The number of nitrogens with zero attached hydrogens (tertiary/aromatic N) is 3. The van der Waals surface area contributed by atoms with Crippen LogP contribution in [-0.4, -0.2) is 65.9 Å². The van der Waals surface area contributed by atoms with Crippen molar-refractivity contribution in [3.05, 3.63) is 29.3 Å². The van der Waals surface area contributed by atoms with Gasteiger partial charge in [-0.1, -0.05) is 25.5 Å². The number of hydrogen-bond acceptors (Lipinski definition) is 5. The average molecular weight is 403 g/mol. The second-order valence-corrected chi connectivity index (χ2v) is 8.40. The summed E-state index contributed by atoms with van der Waals surface area (Å²) in [6.45, 7) is 6.26. The van der Waals surface area contributed by atoms with Crippen molar-refractivity contribution in [2.45, 2.75) is 39.0 Å². The van der Waals surface area contributed by atoms with Crippen LogP contribution in [-0.2, 0) is 16.0 Å². The minimum atomic E-state index is 0.0871. The van der Waals surface area contributed by atoms with Crippen LogP contribution in [0.2, 0.25) is 0 Å². The molecule has 0 saturated carbocycles. The second kappa shape index (κ2) is 10.5. The van der Waals surface area contributed by atoms with Gasteiger partial charge in [-0.3, -0.25) is 14.5 Å². The first-order chi connectivity index (χ1) is 13.7. The van der Waals surface area contributed by atoms with Crippen molar-refractivity contribution in [2.24, 2.45) is 0 Å². The molecule has 1 aromatic carbocycles. The normalized spacial score (nSPS) is 15.1. The summed E-state index contributed by atoms with van der Waals surface area (Å²) in [5.41, 5.74) is 1.05. The van der Waals surface area contributed by atoms with Crippen LogP contribution < -0.4 is 5.32 Å². The molecule has 3 rings (SSSR count). The first-order valence-electron chi connectivity index (χ1n) is 10.3. The Morgan fingerprint density at radius 1 is 1.14 bits per heavy atom. The van der Waals surface area contributed by atoms with Crippen LogP contribution in [0.25, 0.3) is 10.2 Å². The molecular formula is C21H30N4O2S. The highest BCUT2D eigenvalue weighted by Crippen LogP contribution is 2.22. The largest absolute Gasteiger partial charge is 0.355 e. The third-order valence-electron chi connectivity index (χ3n) is 5.06. The Balaban J connectivity index is 1.34. The van der Waals surface area contributed by atoms with Crippen LogP contribution in [0.4, 0.5) is 0 Å². The number of nitrogens with one attached hydrogen (secondary N) is 1. The zero-order chi connectivity index (χ0) is 19.8. The Labute approximate surface area is 170 Å². The number of aryl methyl sites for hydroxylation is 1. The summed E-state index contributed by atoms with van der Waals surface area (Å²) in [7, 11) is 0. The molecule has 0 atom stereocenters. The molecule has 6 nitrogen and oxygen atoms in total. The summed E-state index contributed by atoms with van der Waals surface area (Å²) in [6.07, 6.45) is 4.35. The number of para-hydroxylation sites is 1. The van der Waals surface area contributed by atoms with Gasteiger partial charge in [0.05, 0.1) is 21.8 Å². The standard InChI is InChI=1S/C21H30N4O2S/c1-2-3-11-22-19(26)16-24-12-14-25(15-13-24)21(27)10-6-9-20-23-17-7-4-5-8-18(17)28-20/h4-5,7-8H,2-3,6,9-16H2,1H3,(H,22,26). The Kier molecular flexibility index (Phi) is 7.80. The fourth-order valence-electron chi connectivity index (χ4n) is 3.39. The molecule has 152 valence electrons. The van der Waals surface area contributed by atoms with Gasteiger partial charge in [-0.05, 0) is 31.4 Å². The van der Waals surface area contributed by atoms with Gasteiger partial charge < -0.3 is 10.2 Å². The van der Waals surface area contributed by atoms with Gasteiger partial charge in [-0.2, -0.15) is 0 Å². The van der Waals surface area contributed by atoms with Gasteiger partial charge >= 0.3 is 0 Å². The highest BCUT2D eigenvalue weighted by Gasteiger charge is 2.22. The Bertz CT molecular complexity index is 751. The lowest BCUT2D eigenvalue weighted by atomic mass is 10.2.